The van der Waals surface area contributed by atoms with Gasteiger partial charge in [0.1, 0.15) is 5.37 Å². The number of ether oxygens (including phenoxy) is 1. The van der Waals surface area contributed by atoms with Gasteiger partial charge in [-0.15, -0.1) is 0 Å². The highest BCUT2D eigenvalue weighted by molar-refractivity contribution is 8.00. The number of alkyl carbamates (subject to hydrolysis) is 1. The minimum Gasteiger partial charge on any atom is -0.461 e. The second-order valence-electron chi connectivity index (χ2n) is 3.93. The molecule has 0 aliphatic rings. The van der Waals surface area contributed by atoms with Gasteiger partial charge in [0.05, 0.1) is 13.4 Å². The summed E-state index contributed by atoms with van der Waals surface area (Å²) in [5, 5.41) is 2.21. The minimum absolute atomic E-state index is 0.165. The number of ketones is 1. The van der Waals surface area contributed by atoms with E-state index < -0.39 is 11.5 Å². The lowest BCUT2D eigenvalue weighted by Gasteiger charge is -2.15. The quantitative estimate of drug-likeness (QED) is 0.517. The number of rotatable bonds is 5. The molecule has 1 aromatic heterocycles. The average molecular weight is 326 g/mol. The number of carbonyl (C=O) groups is 2. The standard InChI is InChI=1S/C14H12ClNO4S/c1-19-14(18)16-13(12(17)11-3-2-8-20-11)21-10-6-4-9(15)5-7-10/h2-8,13H,1H3,(H,16,18)/t13-/m0/s1. The lowest BCUT2D eigenvalue weighted by molar-refractivity contribution is 0.0943. The fraction of sp³-hybridized carbons (Fsp3) is 0.143. The van der Waals surface area contributed by atoms with Crippen LogP contribution >= 0.6 is 23.4 Å². The van der Waals surface area contributed by atoms with E-state index in [-0.39, 0.29) is 11.5 Å². The van der Waals surface area contributed by atoms with E-state index in [9.17, 15) is 9.59 Å². The average Bonchev–Trinajstić information content (AvgIpc) is 3.02. The fourth-order valence-corrected chi connectivity index (χ4v) is 2.58. The first-order chi connectivity index (χ1) is 10.1. The van der Waals surface area contributed by atoms with Crippen LogP contribution < -0.4 is 5.32 Å². The monoisotopic (exact) mass is 325 g/mol. The molecule has 1 aromatic carbocycles. The molecule has 0 unspecified atom stereocenters. The molecule has 0 bridgehead atoms. The summed E-state index contributed by atoms with van der Waals surface area (Å²) in [7, 11) is 1.23. The fourth-order valence-electron chi connectivity index (χ4n) is 1.51. The van der Waals surface area contributed by atoms with Gasteiger partial charge in [0, 0.05) is 9.92 Å². The van der Waals surface area contributed by atoms with E-state index in [1.165, 1.54) is 31.2 Å². The number of nitrogens with one attached hydrogen (secondary N) is 1. The van der Waals surface area contributed by atoms with E-state index >= 15 is 0 Å². The van der Waals surface area contributed by atoms with Gasteiger partial charge in [-0.3, -0.25) is 4.79 Å². The number of methoxy groups -OCH3 is 1. The SMILES string of the molecule is COC(=O)N[C@@H](Sc1ccc(Cl)cc1)C(=O)c1ccco1. The number of halogens is 1. The molecular weight excluding hydrogens is 314 g/mol. The van der Waals surface area contributed by atoms with Crippen LogP contribution in [0.25, 0.3) is 0 Å². The predicted molar refractivity (Wildman–Crippen MR) is 79.7 cm³/mol. The summed E-state index contributed by atoms with van der Waals surface area (Å²) >= 11 is 6.99. The van der Waals surface area contributed by atoms with E-state index in [1.807, 2.05) is 0 Å². The largest absolute Gasteiger partial charge is 0.461 e. The molecule has 0 aliphatic carbocycles. The Morgan fingerprint density at radius 1 is 1.29 bits per heavy atom. The van der Waals surface area contributed by atoms with E-state index in [4.69, 9.17) is 16.0 Å². The van der Waals surface area contributed by atoms with Crippen LogP contribution in [0.3, 0.4) is 0 Å². The molecule has 2 rings (SSSR count). The molecule has 2 aromatic rings. The van der Waals surface area contributed by atoms with Crippen LogP contribution in [-0.2, 0) is 4.74 Å². The minimum atomic E-state index is -0.857. The lowest BCUT2D eigenvalue weighted by atomic mass is 10.3. The number of amides is 1. The summed E-state index contributed by atoms with van der Waals surface area (Å²) in [4.78, 5) is 24.5. The number of furan rings is 1. The molecule has 1 amide bonds. The maximum absolute atomic E-state index is 12.3. The van der Waals surface area contributed by atoms with Gasteiger partial charge >= 0.3 is 6.09 Å². The number of thioether (sulfide) groups is 1. The van der Waals surface area contributed by atoms with Crippen LogP contribution in [-0.4, -0.2) is 24.4 Å². The van der Waals surface area contributed by atoms with E-state index in [0.29, 0.717) is 5.02 Å². The highest BCUT2D eigenvalue weighted by Gasteiger charge is 2.25. The van der Waals surface area contributed by atoms with Crippen LogP contribution in [0.1, 0.15) is 10.6 Å². The summed E-state index contributed by atoms with van der Waals surface area (Å²) in [5.74, 6) is -0.191. The normalized spacial score (nSPS) is 11.7. The summed E-state index contributed by atoms with van der Waals surface area (Å²) < 4.78 is 9.61. The Kier molecular flexibility index (Phi) is 5.30. The molecule has 0 saturated heterocycles. The third-order valence-corrected chi connectivity index (χ3v) is 3.87. The zero-order valence-electron chi connectivity index (χ0n) is 11.0. The van der Waals surface area contributed by atoms with Crippen molar-refractivity contribution in [2.45, 2.75) is 10.3 Å². The Labute approximate surface area is 130 Å². The number of carbonyl (C=O) groups excluding carboxylic acids is 2. The van der Waals surface area contributed by atoms with Crippen molar-refractivity contribution in [3.05, 3.63) is 53.4 Å². The maximum atomic E-state index is 12.3. The Bertz CT molecular complexity index is 612. The first-order valence-electron chi connectivity index (χ1n) is 5.94. The van der Waals surface area contributed by atoms with Crippen molar-refractivity contribution >= 4 is 35.2 Å². The molecule has 21 heavy (non-hydrogen) atoms. The Hall–Kier alpha value is -1.92. The van der Waals surface area contributed by atoms with Crippen molar-refractivity contribution in [3.63, 3.8) is 0 Å². The van der Waals surface area contributed by atoms with Crippen LogP contribution in [0.2, 0.25) is 5.02 Å². The molecule has 1 heterocycles. The summed E-state index contributed by atoms with van der Waals surface area (Å²) in [6.07, 6.45) is 0.705. The highest BCUT2D eigenvalue weighted by Crippen LogP contribution is 2.26. The van der Waals surface area contributed by atoms with Crippen molar-refractivity contribution in [3.8, 4) is 0 Å². The summed E-state index contributed by atoms with van der Waals surface area (Å²) in [6, 6.07) is 10.1. The van der Waals surface area contributed by atoms with Gasteiger partial charge in [0.2, 0.25) is 5.78 Å². The Morgan fingerprint density at radius 2 is 2.00 bits per heavy atom. The molecule has 0 saturated carbocycles. The van der Waals surface area contributed by atoms with Crippen molar-refractivity contribution in [1.29, 1.82) is 0 Å². The van der Waals surface area contributed by atoms with Gasteiger partial charge in [-0.1, -0.05) is 23.4 Å². The highest BCUT2D eigenvalue weighted by atomic mass is 35.5. The number of benzene rings is 1. The molecule has 7 heteroatoms. The maximum Gasteiger partial charge on any atom is 0.408 e. The lowest BCUT2D eigenvalue weighted by Crippen LogP contribution is -2.38. The van der Waals surface area contributed by atoms with E-state index in [0.717, 1.165) is 4.90 Å². The van der Waals surface area contributed by atoms with Crippen molar-refractivity contribution in [1.82, 2.24) is 5.32 Å². The number of hydrogen-bond donors (Lipinski definition) is 1. The van der Waals surface area contributed by atoms with Crippen LogP contribution in [0.15, 0.2) is 52.0 Å². The summed E-state index contributed by atoms with van der Waals surface area (Å²) in [6.45, 7) is 0. The Balaban J connectivity index is 2.17. The second kappa shape index (κ2) is 7.19. The Morgan fingerprint density at radius 3 is 2.57 bits per heavy atom. The van der Waals surface area contributed by atoms with Gasteiger partial charge in [0.15, 0.2) is 5.76 Å². The van der Waals surface area contributed by atoms with Crippen molar-refractivity contribution in [2.75, 3.05) is 7.11 Å². The third-order valence-electron chi connectivity index (χ3n) is 2.50. The third kappa shape index (κ3) is 4.27. The summed E-state index contributed by atoms with van der Waals surface area (Å²) in [5.41, 5.74) is 0. The molecule has 5 nitrogen and oxygen atoms in total. The smallest absolute Gasteiger partial charge is 0.408 e. The predicted octanol–water partition coefficient (Wildman–Crippen LogP) is 3.59. The second-order valence-corrected chi connectivity index (χ2v) is 5.54. The first kappa shape index (κ1) is 15.5. The zero-order valence-corrected chi connectivity index (χ0v) is 12.6. The number of hydrogen-bond acceptors (Lipinski definition) is 5. The molecule has 110 valence electrons. The number of Topliss-reactive ketones (excluding diaryl/α,β-unsaturated/α-hetero) is 1. The van der Waals surface area contributed by atoms with E-state index in [2.05, 4.69) is 10.1 Å². The van der Waals surface area contributed by atoms with Crippen molar-refractivity contribution in [2.24, 2.45) is 0 Å². The molecule has 0 aliphatic heterocycles. The van der Waals surface area contributed by atoms with Gasteiger partial charge in [-0.05, 0) is 36.4 Å². The van der Waals surface area contributed by atoms with E-state index in [1.54, 1.807) is 30.3 Å². The topological polar surface area (TPSA) is 68.5 Å². The molecule has 0 spiro atoms. The van der Waals surface area contributed by atoms with Crippen LogP contribution in [0.5, 0.6) is 0 Å². The van der Waals surface area contributed by atoms with Gasteiger partial charge in [0.25, 0.3) is 0 Å². The van der Waals surface area contributed by atoms with Gasteiger partial charge < -0.3 is 14.5 Å². The zero-order chi connectivity index (χ0) is 15.2. The van der Waals surface area contributed by atoms with Crippen molar-refractivity contribution < 1.29 is 18.7 Å². The molecule has 1 atom stereocenters. The van der Waals surface area contributed by atoms with Gasteiger partial charge in [-0.2, -0.15) is 0 Å². The van der Waals surface area contributed by atoms with Gasteiger partial charge in [-0.25, -0.2) is 4.79 Å². The van der Waals surface area contributed by atoms with Crippen LogP contribution in [0.4, 0.5) is 4.79 Å². The molecule has 0 radical (unpaired) electrons. The van der Waals surface area contributed by atoms with Crippen LogP contribution in [0, 0.1) is 0 Å². The molecule has 0 fully saturated rings. The molecular formula is C14H12ClNO4S. The first-order valence-corrected chi connectivity index (χ1v) is 7.20. The molecule has 1 N–H and O–H groups in total.